The number of carbonyl (C=O) groups is 2. The van der Waals surface area contributed by atoms with Crippen LogP contribution >= 0.6 is 0 Å². The molecule has 0 aliphatic rings. The van der Waals surface area contributed by atoms with E-state index in [0.29, 0.717) is 0 Å². The van der Waals surface area contributed by atoms with Crippen LogP contribution < -0.4 is 0 Å². The van der Waals surface area contributed by atoms with E-state index in [2.05, 4.69) is 14.2 Å². The van der Waals surface area contributed by atoms with Gasteiger partial charge in [-0.05, 0) is 0 Å². The molecule has 0 rings (SSSR count). The predicted molar refractivity (Wildman–Crippen MR) is 43.8 cm³/mol. The SMILES string of the molecule is CC(=O)OCC(COC(C)=O)O[C-]=O.[Y+3]. The second kappa shape index (κ2) is 10.0. The third-order valence-corrected chi connectivity index (χ3v) is 1.16. The van der Waals surface area contributed by atoms with Crippen molar-refractivity contribution in [3.05, 3.63) is 0 Å². The Hall–Kier alpha value is -0.486. The Morgan fingerprint density at radius 1 is 1.13 bits per heavy atom. The molecule has 0 N–H and O–H groups in total. The number of carbonyl (C=O) groups excluding carboxylic acids is 3. The van der Waals surface area contributed by atoms with Gasteiger partial charge in [0, 0.05) is 13.8 Å². The standard InChI is InChI=1S/C8H11O6.Y/c1-6(10)12-3-8(14-5-9)4-13-7(2)11;/h8H,3-4H2,1-2H3;/q-1;+3. The Morgan fingerprint density at radius 2 is 1.53 bits per heavy atom. The molecule has 0 fully saturated rings. The monoisotopic (exact) mass is 292 g/mol. The van der Waals surface area contributed by atoms with Crippen LogP contribution in [0.5, 0.6) is 0 Å². The first-order valence-corrected chi connectivity index (χ1v) is 3.85. The van der Waals surface area contributed by atoms with Gasteiger partial charge in [-0.1, -0.05) is 6.47 Å². The molecule has 0 aliphatic heterocycles. The number of hydrogen-bond acceptors (Lipinski definition) is 6. The zero-order valence-corrected chi connectivity index (χ0v) is 11.4. The summed E-state index contributed by atoms with van der Waals surface area (Å²) in [5, 5.41) is 0. The van der Waals surface area contributed by atoms with E-state index in [0.717, 1.165) is 0 Å². The van der Waals surface area contributed by atoms with Gasteiger partial charge in [0.2, 0.25) is 0 Å². The zero-order chi connectivity index (χ0) is 11.0. The molecule has 80 valence electrons. The molecule has 0 aliphatic carbocycles. The third kappa shape index (κ3) is 11.4. The van der Waals surface area contributed by atoms with E-state index < -0.39 is 18.0 Å². The van der Waals surface area contributed by atoms with Crippen LogP contribution in [0.25, 0.3) is 0 Å². The molecular weight excluding hydrogens is 281 g/mol. The summed E-state index contributed by atoms with van der Waals surface area (Å²) in [5.74, 6) is -1.01. The molecule has 0 spiro atoms. The van der Waals surface area contributed by atoms with Crippen molar-refractivity contribution in [3.63, 3.8) is 0 Å². The van der Waals surface area contributed by atoms with Crippen LogP contribution in [0, 0.1) is 0 Å². The zero-order valence-electron chi connectivity index (χ0n) is 8.52. The van der Waals surface area contributed by atoms with E-state index in [4.69, 9.17) is 0 Å². The minimum atomic E-state index is -0.805. The molecule has 0 aromatic carbocycles. The minimum absolute atomic E-state index is 0. The molecule has 0 aromatic heterocycles. The quantitative estimate of drug-likeness (QED) is 0.375. The van der Waals surface area contributed by atoms with Crippen LogP contribution in [0.3, 0.4) is 0 Å². The van der Waals surface area contributed by atoms with Crippen LogP contribution in [0.2, 0.25) is 0 Å². The fourth-order valence-electron chi connectivity index (χ4n) is 0.605. The average Bonchev–Trinajstić information content (AvgIpc) is 2.09. The van der Waals surface area contributed by atoms with Gasteiger partial charge in [-0.3, -0.25) is 9.59 Å². The van der Waals surface area contributed by atoms with Crippen molar-refractivity contribution in [2.75, 3.05) is 13.2 Å². The van der Waals surface area contributed by atoms with E-state index in [1.807, 2.05) is 0 Å². The summed E-state index contributed by atoms with van der Waals surface area (Å²) in [6, 6.07) is 0. The van der Waals surface area contributed by atoms with Gasteiger partial charge in [-0.25, -0.2) is 0 Å². The molecule has 0 saturated heterocycles. The molecule has 0 amide bonds. The first-order chi connectivity index (χ1) is 6.56. The van der Waals surface area contributed by atoms with Crippen molar-refractivity contribution in [1.82, 2.24) is 0 Å². The smallest absolute Gasteiger partial charge is 0.646 e. The van der Waals surface area contributed by atoms with Gasteiger partial charge in [-0.2, -0.15) is 0 Å². The molecule has 7 heteroatoms. The van der Waals surface area contributed by atoms with Gasteiger partial charge in [0.1, 0.15) is 19.3 Å². The molecule has 0 heterocycles. The summed E-state index contributed by atoms with van der Waals surface area (Å²) in [6.45, 7) is 3.30. The van der Waals surface area contributed by atoms with Crippen LogP contribution in [0.15, 0.2) is 0 Å². The van der Waals surface area contributed by atoms with Gasteiger partial charge in [-0.15, -0.1) is 0 Å². The van der Waals surface area contributed by atoms with Gasteiger partial charge >= 0.3 is 44.6 Å². The van der Waals surface area contributed by atoms with E-state index in [1.54, 1.807) is 0 Å². The average molecular weight is 292 g/mol. The fraction of sp³-hybridized carbons (Fsp3) is 0.625. The maximum Gasteiger partial charge on any atom is 3.00 e. The number of esters is 2. The largest absolute Gasteiger partial charge is 3.00 e. The molecule has 0 aromatic rings. The van der Waals surface area contributed by atoms with Crippen molar-refractivity contribution >= 4 is 18.4 Å². The number of ether oxygens (including phenoxy) is 3. The Bertz CT molecular complexity index is 199. The first kappa shape index (κ1) is 16.9. The van der Waals surface area contributed by atoms with E-state index >= 15 is 0 Å². The summed E-state index contributed by atoms with van der Waals surface area (Å²) < 4.78 is 13.5. The van der Waals surface area contributed by atoms with Crippen LogP contribution in [0.1, 0.15) is 13.8 Å². The van der Waals surface area contributed by atoms with Gasteiger partial charge < -0.3 is 19.0 Å². The summed E-state index contributed by atoms with van der Waals surface area (Å²) in [6.07, 6.45) is -0.805. The summed E-state index contributed by atoms with van der Waals surface area (Å²) in [4.78, 5) is 30.7. The summed E-state index contributed by atoms with van der Waals surface area (Å²) >= 11 is 0. The van der Waals surface area contributed by atoms with Crippen molar-refractivity contribution in [2.45, 2.75) is 20.0 Å². The molecule has 0 saturated carbocycles. The summed E-state index contributed by atoms with van der Waals surface area (Å²) in [7, 11) is 0. The Labute approximate surface area is 113 Å². The molecule has 0 radical (unpaired) electrons. The Morgan fingerprint density at radius 3 is 1.80 bits per heavy atom. The number of hydrogen-bond donors (Lipinski definition) is 0. The first-order valence-electron chi connectivity index (χ1n) is 3.85. The Balaban J connectivity index is 0. The number of rotatable bonds is 6. The van der Waals surface area contributed by atoms with Crippen LogP contribution in [-0.4, -0.2) is 37.7 Å². The van der Waals surface area contributed by atoms with E-state index in [1.165, 1.54) is 20.3 Å². The normalized spacial score (nSPS) is 8.73. The fourth-order valence-corrected chi connectivity index (χ4v) is 0.605. The van der Waals surface area contributed by atoms with Crippen LogP contribution in [-0.2, 0) is 61.3 Å². The second-order valence-corrected chi connectivity index (χ2v) is 2.43. The van der Waals surface area contributed by atoms with Crippen molar-refractivity contribution < 1.29 is 61.3 Å². The van der Waals surface area contributed by atoms with Crippen molar-refractivity contribution in [2.24, 2.45) is 0 Å². The third-order valence-electron chi connectivity index (χ3n) is 1.16. The topological polar surface area (TPSA) is 78.9 Å². The van der Waals surface area contributed by atoms with Crippen LogP contribution in [0.4, 0.5) is 0 Å². The summed E-state index contributed by atoms with van der Waals surface area (Å²) in [5.41, 5.74) is 0. The second-order valence-electron chi connectivity index (χ2n) is 2.43. The van der Waals surface area contributed by atoms with Crippen molar-refractivity contribution in [3.8, 4) is 0 Å². The maximum absolute atomic E-state index is 10.4. The van der Waals surface area contributed by atoms with E-state index in [-0.39, 0.29) is 45.9 Å². The molecule has 15 heavy (non-hydrogen) atoms. The van der Waals surface area contributed by atoms with E-state index in [9.17, 15) is 14.4 Å². The molecular formula is C8H11O6Y+2. The Kier molecular flexibility index (Phi) is 11.3. The molecule has 0 bridgehead atoms. The predicted octanol–water partition coefficient (Wildman–Crippen LogP) is -0.438. The maximum atomic E-state index is 10.4. The molecule has 6 nitrogen and oxygen atoms in total. The van der Waals surface area contributed by atoms with Gasteiger partial charge in [0.05, 0.1) is 0 Å². The minimum Gasteiger partial charge on any atom is -0.646 e. The van der Waals surface area contributed by atoms with Gasteiger partial charge in [0.25, 0.3) is 0 Å². The van der Waals surface area contributed by atoms with Crippen molar-refractivity contribution in [1.29, 1.82) is 0 Å². The molecule has 0 atom stereocenters. The van der Waals surface area contributed by atoms with Gasteiger partial charge in [0.15, 0.2) is 0 Å². The molecule has 0 unspecified atom stereocenters.